The number of hydrogen-bond acceptors (Lipinski definition) is 6. The maximum Gasteiger partial charge on any atom is 0.349 e. The lowest BCUT2D eigenvalue weighted by atomic mass is 9.86. The van der Waals surface area contributed by atoms with Gasteiger partial charge in [0.25, 0.3) is 5.91 Å². The molecule has 8 nitrogen and oxygen atoms in total. The zero-order chi connectivity index (χ0) is 28.5. The summed E-state index contributed by atoms with van der Waals surface area (Å²) in [6.07, 6.45) is 6.13. The molecular formula is C31H42N2O6. The molecule has 0 unspecified atom stereocenters. The fraction of sp³-hybridized carbons (Fsp3) is 0.581. The maximum atomic E-state index is 12.7. The molecule has 1 aliphatic rings. The van der Waals surface area contributed by atoms with Gasteiger partial charge in [0, 0.05) is 36.9 Å². The summed E-state index contributed by atoms with van der Waals surface area (Å²) < 4.78 is 16.6. The Bertz CT molecular complexity index is 1260. The fourth-order valence-corrected chi connectivity index (χ4v) is 4.18. The van der Waals surface area contributed by atoms with Gasteiger partial charge in [-0.25, -0.2) is 4.79 Å². The summed E-state index contributed by atoms with van der Waals surface area (Å²) in [4.78, 5) is 37.2. The normalized spacial score (nSPS) is 13.8. The van der Waals surface area contributed by atoms with Crippen molar-refractivity contribution in [3.63, 3.8) is 0 Å². The Labute approximate surface area is 231 Å². The van der Waals surface area contributed by atoms with E-state index >= 15 is 0 Å². The van der Waals surface area contributed by atoms with E-state index in [4.69, 9.17) is 13.9 Å². The summed E-state index contributed by atoms with van der Waals surface area (Å²) in [7, 11) is 1.53. The Kier molecular flexibility index (Phi) is 10.6. The van der Waals surface area contributed by atoms with Crippen LogP contribution < -0.4 is 21.0 Å². The Balaban J connectivity index is 1.36. The predicted octanol–water partition coefficient (Wildman–Crippen LogP) is 4.83. The minimum Gasteiger partial charge on any atom is -0.497 e. The number of amides is 2. The molecule has 1 fully saturated rings. The highest BCUT2D eigenvalue weighted by molar-refractivity contribution is 5.96. The highest BCUT2D eigenvalue weighted by Crippen LogP contribution is 2.27. The first-order valence-corrected chi connectivity index (χ1v) is 13.8. The molecule has 212 valence electrons. The van der Waals surface area contributed by atoms with E-state index in [-0.39, 0.29) is 16.9 Å². The van der Waals surface area contributed by atoms with Crippen LogP contribution in [0.15, 0.2) is 33.5 Å². The van der Waals surface area contributed by atoms with E-state index in [1.807, 2.05) is 13.8 Å². The zero-order valence-corrected chi connectivity index (χ0v) is 23.9. The molecule has 1 saturated carbocycles. The Morgan fingerprint density at radius 3 is 2.54 bits per heavy atom. The number of benzene rings is 1. The van der Waals surface area contributed by atoms with E-state index in [1.165, 1.54) is 26.4 Å². The highest BCUT2D eigenvalue weighted by atomic mass is 16.5. The van der Waals surface area contributed by atoms with E-state index in [9.17, 15) is 14.4 Å². The molecule has 8 heteroatoms. The number of nitrogens with one attached hydrogen (secondary N) is 2. The fourth-order valence-electron chi connectivity index (χ4n) is 4.18. The number of carbonyl (C=O) groups excluding carboxylic acids is 2. The third kappa shape index (κ3) is 9.74. The number of methoxy groups -OCH3 is 1. The van der Waals surface area contributed by atoms with E-state index in [0.29, 0.717) is 61.6 Å². The van der Waals surface area contributed by atoms with Crippen LogP contribution in [0.25, 0.3) is 11.0 Å². The van der Waals surface area contributed by atoms with Crippen molar-refractivity contribution in [3.05, 3.63) is 40.2 Å². The summed E-state index contributed by atoms with van der Waals surface area (Å²) in [5.74, 6) is 6.87. The largest absolute Gasteiger partial charge is 0.497 e. The van der Waals surface area contributed by atoms with E-state index in [0.717, 1.165) is 6.42 Å². The predicted molar refractivity (Wildman–Crippen MR) is 152 cm³/mol. The minimum atomic E-state index is -0.682. The molecule has 0 aliphatic heterocycles. The minimum absolute atomic E-state index is 0.00849. The lowest BCUT2D eigenvalue weighted by molar-refractivity contribution is -0.122. The van der Waals surface area contributed by atoms with Gasteiger partial charge in [-0.2, -0.15) is 0 Å². The number of carbonyl (C=O) groups is 2. The van der Waals surface area contributed by atoms with Crippen molar-refractivity contribution in [2.75, 3.05) is 26.8 Å². The maximum absolute atomic E-state index is 12.7. The molecule has 0 atom stereocenters. The number of rotatable bonds is 13. The monoisotopic (exact) mass is 538 g/mol. The average molecular weight is 539 g/mol. The van der Waals surface area contributed by atoms with Crippen LogP contribution in [0, 0.1) is 23.2 Å². The molecular weight excluding hydrogens is 496 g/mol. The number of hydrogen-bond donors (Lipinski definition) is 2. The van der Waals surface area contributed by atoms with Crippen molar-refractivity contribution in [2.24, 2.45) is 11.3 Å². The van der Waals surface area contributed by atoms with Gasteiger partial charge in [-0.3, -0.25) is 9.59 Å². The molecule has 0 saturated heterocycles. The van der Waals surface area contributed by atoms with Crippen LogP contribution in [0.3, 0.4) is 0 Å². The van der Waals surface area contributed by atoms with Gasteiger partial charge in [0.05, 0.1) is 19.3 Å². The quantitative estimate of drug-likeness (QED) is 0.279. The van der Waals surface area contributed by atoms with Gasteiger partial charge >= 0.3 is 5.63 Å². The van der Waals surface area contributed by atoms with Gasteiger partial charge in [0.1, 0.15) is 16.9 Å². The van der Waals surface area contributed by atoms with Crippen molar-refractivity contribution in [2.45, 2.75) is 78.2 Å². The molecule has 1 aliphatic carbocycles. The van der Waals surface area contributed by atoms with Crippen molar-refractivity contribution in [3.8, 4) is 17.6 Å². The number of ether oxygens (including phenoxy) is 2. The molecule has 0 spiro atoms. The second kappa shape index (κ2) is 13.7. The molecule has 2 N–H and O–H groups in total. The van der Waals surface area contributed by atoms with E-state index < -0.39 is 17.1 Å². The van der Waals surface area contributed by atoms with Gasteiger partial charge in [0.2, 0.25) is 5.91 Å². The summed E-state index contributed by atoms with van der Waals surface area (Å²) in [6, 6.07) is 6.65. The summed E-state index contributed by atoms with van der Waals surface area (Å²) >= 11 is 0. The van der Waals surface area contributed by atoms with Crippen molar-refractivity contribution < 1.29 is 23.5 Å². The smallest absolute Gasteiger partial charge is 0.349 e. The van der Waals surface area contributed by atoms with Crippen molar-refractivity contribution in [1.29, 1.82) is 0 Å². The molecule has 39 heavy (non-hydrogen) atoms. The van der Waals surface area contributed by atoms with Crippen LogP contribution >= 0.6 is 0 Å². The van der Waals surface area contributed by atoms with Crippen LogP contribution in [0.2, 0.25) is 0 Å². The first kappa shape index (κ1) is 30.2. The Morgan fingerprint density at radius 2 is 1.85 bits per heavy atom. The third-order valence-corrected chi connectivity index (χ3v) is 7.29. The summed E-state index contributed by atoms with van der Waals surface area (Å²) in [5.41, 5.74) is -0.852. The lowest BCUT2D eigenvalue weighted by Gasteiger charge is -2.29. The standard InChI is InChI=1S/C31H42N2O6/c1-30(2,16-19-38-31(3,4)14-13-27(34)32-17-7-10-22-8-6-9-22)15-18-33-28(35)25-20-23-11-12-24(37-5)21-26(23)39-29(25)36/h11-12,20-22H,6,8-9,13-19H2,1-5H3,(H,32,34)(H,33,35). The molecule has 0 bridgehead atoms. The molecule has 1 aromatic carbocycles. The average Bonchev–Trinajstić information content (AvgIpc) is 2.85. The first-order chi connectivity index (χ1) is 18.5. The summed E-state index contributed by atoms with van der Waals surface area (Å²) in [5, 5.41) is 6.35. The molecule has 1 aromatic heterocycles. The molecule has 2 aromatic rings. The van der Waals surface area contributed by atoms with Crippen LogP contribution in [0.1, 0.15) is 83.0 Å². The zero-order valence-electron chi connectivity index (χ0n) is 23.9. The second-order valence-electron chi connectivity index (χ2n) is 11.6. The van der Waals surface area contributed by atoms with Gasteiger partial charge < -0.3 is 24.5 Å². The first-order valence-electron chi connectivity index (χ1n) is 13.8. The molecule has 1 heterocycles. The van der Waals surface area contributed by atoms with Crippen LogP contribution in [-0.4, -0.2) is 44.2 Å². The van der Waals surface area contributed by atoms with Crippen LogP contribution in [-0.2, 0) is 9.53 Å². The Hall–Kier alpha value is -3.31. The molecule has 2 amide bonds. The molecule has 0 radical (unpaired) electrons. The Morgan fingerprint density at radius 1 is 1.08 bits per heavy atom. The van der Waals surface area contributed by atoms with E-state index in [2.05, 4.69) is 36.3 Å². The van der Waals surface area contributed by atoms with E-state index in [1.54, 1.807) is 24.3 Å². The summed E-state index contributed by atoms with van der Waals surface area (Å²) in [6.45, 7) is 9.59. The lowest BCUT2D eigenvalue weighted by Crippen LogP contribution is -2.33. The van der Waals surface area contributed by atoms with Gasteiger partial charge in [0.15, 0.2) is 0 Å². The van der Waals surface area contributed by atoms with Gasteiger partial charge in [-0.1, -0.05) is 32.1 Å². The van der Waals surface area contributed by atoms with Crippen LogP contribution in [0.5, 0.6) is 5.75 Å². The van der Waals surface area contributed by atoms with Gasteiger partial charge in [-0.15, -0.1) is 0 Å². The van der Waals surface area contributed by atoms with Crippen molar-refractivity contribution >= 4 is 22.8 Å². The second-order valence-corrected chi connectivity index (χ2v) is 11.6. The van der Waals surface area contributed by atoms with Crippen LogP contribution in [0.4, 0.5) is 0 Å². The van der Waals surface area contributed by atoms with Gasteiger partial charge in [-0.05, 0) is 69.6 Å². The third-order valence-electron chi connectivity index (χ3n) is 7.29. The molecule has 3 rings (SSSR count). The highest BCUT2D eigenvalue weighted by Gasteiger charge is 2.24. The topological polar surface area (TPSA) is 107 Å². The van der Waals surface area contributed by atoms with Crippen molar-refractivity contribution in [1.82, 2.24) is 10.6 Å². The number of fused-ring (bicyclic) bond motifs is 1. The SMILES string of the molecule is COc1ccc2cc(C(=O)NCCC(C)(C)CCOC(C)(C)CCC(=O)NCC#CC3CCC3)c(=O)oc2c1.